The standard InChI is InChI=1S/C21H23N3O2/c1-26-19-11-3-2-6-16(19)14-20(25)24-13-12-22-21(24)23-18-10-5-8-15-7-4-9-17(15)18/h2-3,5-6,8,10-11H,4,7,9,12-14H2,1H3,(H,22,23). The van der Waals surface area contributed by atoms with Crippen LogP contribution in [0.3, 0.4) is 0 Å². The van der Waals surface area contributed by atoms with E-state index in [9.17, 15) is 4.79 Å². The van der Waals surface area contributed by atoms with Gasteiger partial charge in [-0.05, 0) is 42.5 Å². The molecular weight excluding hydrogens is 326 g/mol. The Kier molecular flexibility index (Phi) is 4.61. The first-order chi connectivity index (χ1) is 12.8. The van der Waals surface area contributed by atoms with Crippen molar-refractivity contribution in [3.05, 3.63) is 59.2 Å². The van der Waals surface area contributed by atoms with E-state index in [4.69, 9.17) is 4.74 Å². The fourth-order valence-corrected chi connectivity index (χ4v) is 3.76. The number of carbonyl (C=O) groups excluding carboxylic acids is 1. The minimum atomic E-state index is 0.0332. The largest absolute Gasteiger partial charge is 0.496 e. The highest BCUT2D eigenvalue weighted by atomic mass is 16.5. The lowest BCUT2D eigenvalue weighted by Crippen LogP contribution is -2.39. The Morgan fingerprint density at radius 1 is 1.19 bits per heavy atom. The van der Waals surface area contributed by atoms with Crippen molar-refractivity contribution >= 4 is 17.6 Å². The van der Waals surface area contributed by atoms with Crippen LogP contribution in [-0.2, 0) is 24.1 Å². The smallest absolute Gasteiger partial charge is 0.233 e. The second-order valence-electron chi connectivity index (χ2n) is 6.66. The van der Waals surface area contributed by atoms with Gasteiger partial charge in [-0.1, -0.05) is 30.3 Å². The molecule has 5 nitrogen and oxygen atoms in total. The molecule has 2 aromatic carbocycles. The fraction of sp³-hybridized carbons (Fsp3) is 0.333. The van der Waals surface area contributed by atoms with Gasteiger partial charge in [-0.2, -0.15) is 0 Å². The Hall–Kier alpha value is -2.82. The van der Waals surface area contributed by atoms with Gasteiger partial charge in [-0.15, -0.1) is 0 Å². The van der Waals surface area contributed by atoms with E-state index < -0.39 is 0 Å². The number of amides is 1. The van der Waals surface area contributed by atoms with Crippen molar-refractivity contribution in [1.82, 2.24) is 4.90 Å². The molecule has 26 heavy (non-hydrogen) atoms. The van der Waals surface area contributed by atoms with Crippen LogP contribution in [0.25, 0.3) is 0 Å². The van der Waals surface area contributed by atoms with E-state index in [0.29, 0.717) is 25.5 Å². The predicted molar refractivity (Wildman–Crippen MR) is 103 cm³/mol. The van der Waals surface area contributed by atoms with Gasteiger partial charge in [0.05, 0.1) is 20.1 Å². The summed E-state index contributed by atoms with van der Waals surface area (Å²) in [6, 6.07) is 14.0. The van der Waals surface area contributed by atoms with Gasteiger partial charge in [0, 0.05) is 17.8 Å². The molecule has 2 aliphatic rings. The number of fused-ring (bicyclic) bond motifs is 1. The van der Waals surface area contributed by atoms with Crippen LogP contribution < -0.4 is 10.1 Å². The molecule has 0 saturated heterocycles. The zero-order valence-corrected chi connectivity index (χ0v) is 15.0. The lowest BCUT2D eigenvalue weighted by molar-refractivity contribution is -0.126. The molecule has 0 saturated carbocycles. The van der Waals surface area contributed by atoms with Crippen LogP contribution in [0.1, 0.15) is 23.1 Å². The molecule has 1 heterocycles. The van der Waals surface area contributed by atoms with Crippen LogP contribution in [0.4, 0.5) is 5.69 Å². The summed E-state index contributed by atoms with van der Waals surface area (Å²) >= 11 is 0. The highest BCUT2D eigenvalue weighted by Gasteiger charge is 2.26. The van der Waals surface area contributed by atoms with Crippen LogP contribution in [-0.4, -0.2) is 37.0 Å². The number of para-hydroxylation sites is 1. The second kappa shape index (κ2) is 7.20. The maximum absolute atomic E-state index is 12.9. The van der Waals surface area contributed by atoms with Crippen molar-refractivity contribution in [3.63, 3.8) is 0 Å². The molecule has 2 aromatic rings. The summed E-state index contributed by atoms with van der Waals surface area (Å²) in [7, 11) is 1.63. The summed E-state index contributed by atoms with van der Waals surface area (Å²) in [5.74, 6) is 1.43. The number of guanidine groups is 1. The Morgan fingerprint density at radius 2 is 2.08 bits per heavy atom. The fourth-order valence-electron chi connectivity index (χ4n) is 3.76. The van der Waals surface area contributed by atoms with Crippen LogP contribution in [0, 0.1) is 0 Å². The molecule has 0 atom stereocenters. The molecule has 4 rings (SSSR count). The van der Waals surface area contributed by atoms with Gasteiger partial charge in [0.25, 0.3) is 0 Å². The summed E-state index contributed by atoms with van der Waals surface area (Å²) in [5.41, 5.74) is 4.74. The third kappa shape index (κ3) is 3.17. The minimum Gasteiger partial charge on any atom is -0.496 e. The first-order valence-corrected chi connectivity index (χ1v) is 9.11. The van der Waals surface area contributed by atoms with Crippen LogP contribution in [0.5, 0.6) is 5.75 Å². The van der Waals surface area contributed by atoms with E-state index in [1.54, 1.807) is 12.0 Å². The number of aliphatic imine (C=N–C) groups is 1. The zero-order valence-electron chi connectivity index (χ0n) is 15.0. The van der Waals surface area contributed by atoms with Gasteiger partial charge in [0.1, 0.15) is 5.75 Å². The highest BCUT2D eigenvalue weighted by Crippen LogP contribution is 2.29. The molecule has 0 fully saturated rings. The number of rotatable bonds is 4. The maximum Gasteiger partial charge on any atom is 0.233 e. The van der Waals surface area contributed by atoms with Crippen molar-refractivity contribution in [2.24, 2.45) is 4.99 Å². The zero-order chi connectivity index (χ0) is 17.9. The number of aryl methyl sites for hydroxylation is 1. The average Bonchev–Trinajstić information content (AvgIpc) is 3.32. The summed E-state index contributed by atoms with van der Waals surface area (Å²) in [6.45, 7) is 1.25. The number of carbonyl (C=O) groups is 1. The van der Waals surface area contributed by atoms with Gasteiger partial charge >= 0.3 is 0 Å². The predicted octanol–water partition coefficient (Wildman–Crippen LogP) is 3.04. The molecular formula is C21H23N3O2. The molecule has 1 aliphatic carbocycles. The van der Waals surface area contributed by atoms with Crippen LogP contribution in [0.2, 0.25) is 0 Å². The van der Waals surface area contributed by atoms with Crippen LogP contribution in [0.15, 0.2) is 47.5 Å². The molecule has 0 spiro atoms. The molecule has 1 aliphatic heterocycles. The SMILES string of the molecule is COc1ccccc1CC(=O)N1CCN=C1Nc1cccc2c1CCC2. The van der Waals surface area contributed by atoms with Crippen molar-refractivity contribution < 1.29 is 9.53 Å². The van der Waals surface area contributed by atoms with Crippen molar-refractivity contribution in [2.45, 2.75) is 25.7 Å². The third-order valence-corrected chi connectivity index (χ3v) is 5.07. The molecule has 1 N–H and O–H groups in total. The van der Waals surface area contributed by atoms with Crippen LogP contribution >= 0.6 is 0 Å². The Labute approximate surface area is 153 Å². The van der Waals surface area contributed by atoms with Gasteiger partial charge < -0.3 is 10.1 Å². The number of hydrogen-bond donors (Lipinski definition) is 1. The van der Waals surface area contributed by atoms with E-state index in [2.05, 4.69) is 28.5 Å². The highest BCUT2D eigenvalue weighted by molar-refractivity contribution is 6.06. The van der Waals surface area contributed by atoms with Crippen molar-refractivity contribution in [3.8, 4) is 5.75 Å². The molecule has 1 amide bonds. The number of hydrogen-bond acceptors (Lipinski definition) is 4. The summed E-state index contributed by atoms with van der Waals surface area (Å²) in [4.78, 5) is 19.1. The van der Waals surface area contributed by atoms with E-state index in [0.717, 1.165) is 29.8 Å². The first kappa shape index (κ1) is 16.6. The summed E-state index contributed by atoms with van der Waals surface area (Å²) in [5, 5.41) is 3.41. The quantitative estimate of drug-likeness (QED) is 0.923. The van der Waals surface area contributed by atoms with Crippen molar-refractivity contribution in [1.29, 1.82) is 0 Å². The topological polar surface area (TPSA) is 53.9 Å². The monoisotopic (exact) mass is 349 g/mol. The lowest BCUT2D eigenvalue weighted by atomic mass is 10.1. The van der Waals surface area contributed by atoms with E-state index in [1.807, 2.05) is 24.3 Å². The van der Waals surface area contributed by atoms with Crippen molar-refractivity contribution in [2.75, 3.05) is 25.5 Å². The Bertz CT molecular complexity index is 860. The number of benzene rings is 2. The maximum atomic E-state index is 12.9. The molecule has 0 aromatic heterocycles. The van der Waals surface area contributed by atoms with Gasteiger partial charge in [-0.3, -0.25) is 14.7 Å². The number of methoxy groups -OCH3 is 1. The molecule has 5 heteroatoms. The first-order valence-electron chi connectivity index (χ1n) is 9.11. The number of ether oxygens (including phenoxy) is 1. The van der Waals surface area contributed by atoms with E-state index >= 15 is 0 Å². The van der Waals surface area contributed by atoms with Gasteiger partial charge in [-0.25, -0.2) is 0 Å². The molecule has 0 unspecified atom stereocenters. The Balaban J connectivity index is 1.50. The summed E-state index contributed by atoms with van der Waals surface area (Å²) in [6.07, 6.45) is 3.71. The average molecular weight is 349 g/mol. The third-order valence-electron chi connectivity index (χ3n) is 5.07. The lowest BCUT2D eigenvalue weighted by Gasteiger charge is -2.21. The van der Waals surface area contributed by atoms with E-state index in [-0.39, 0.29) is 5.91 Å². The Morgan fingerprint density at radius 3 is 2.96 bits per heavy atom. The minimum absolute atomic E-state index is 0.0332. The van der Waals surface area contributed by atoms with E-state index in [1.165, 1.54) is 17.5 Å². The summed E-state index contributed by atoms with van der Waals surface area (Å²) < 4.78 is 5.37. The number of nitrogens with one attached hydrogen (secondary N) is 1. The second-order valence-corrected chi connectivity index (χ2v) is 6.66. The number of anilines is 1. The molecule has 134 valence electrons. The number of nitrogens with zero attached hydrogens (tertiary/aromatic N) is 2. The van der Waals surface area contributed by atoms with Gasteiger partial charge in [0.15, 0.2) is 0 Å². The molecule has 0 bridgehead atoms. The normalized spacial score (nSPS) is 15.6. The van der Waals surface area contributed by atoms with Gasteiger partial charge in [0.2, 0.25) is 11.9 Å². The molecule has 0 radical (unpaired) electrons.